The van der Waals surface area contributed by atoms with Gasteiger partial charge in [-0.2, -0.15) is 22.0 Å². The molecule has 11 heteroatoms. The van der Waals surface area contributed by atoms with Gasteiger partial charge in [0.2, 0.25) is 5.75 Å². The summed E-state index contributed by atoms with van der Waals surface area (Å²) in [6.45, 7) is 3.64. The van der Waals surface area contributed by atoms with Crippen molar-refractivity contribution in [2.45, 2.75) is 83.0 Å². The molecule has 1 heterocycles. The van der Waals surface area contributed by atoms with E-state index >= 15 is 0 Å². The molecule has 1 saturated heterocycles. The molecule has 0 N–H and O–H groups in total. The van der Waals surface area contributed by atoms with Crippen LogP contribution in [0.1, 0.15) is 81.8 Å². The number of alkyl halides is 2. The fourth-order valence-electron chi connectivity index (χ4n) is 5.56. The molecule has 2 aromatic carbocycles. The van der Waals surface area contributed by atoms with Crippen LogP contribution in [0.2, 0.25) is 0 Å². The monoisotopic (exact) mass is 604 g/mol. The lowest BCUT2D eigenvalue weighted by molar-refractivity contribution is -0.229. The van der Waals surface area contributed by atoms with Gasteiger partial charge in [-0.15, -0.1) is 0 Å². The largest absolute Gasteiger partial charge is 0.429 e. The van der Waals surface area contributed by atoms with Crippen molar-refractivity contribution in [1.82, 2.24) is 0 Å². The van der Waals surface area contributed by atoms with Crippen molar-refractivity contribution in [3.63, 3.8) is 0 Å². The second-order valence-electron chi connectivity index (χ2n) is 11.0. The van der Waals surface area contributed by atoms with Gasteiger partial charge in [0.05, 0.1) is 18.8 Å². The van der Waals surface area contributed by atoms with Crippen molar-refractivity contribution in [1.29, 1.82) is 0 Å². The summed E-state index contributed by atoms with van der Waals surface area (Å²) in [6, 6.07) is 3.58. The molecule has 1 saturated carbocycles. The summed E-state index contributed by atoms with van der Waals surface area (Å²) < 4.78 is 115. The van der Waals surface area contributed by atoms with Gasteiger partial charge in [-0.3, -0.25) is 0 Å². The van der Waals surface area contributed by atoms with Crippen LogP contribution in [0.25, 0.3) is 0 Å². The van der Waals surface area contributed by atoms with Gasteiger partial charge in [-0.25, -0.2) is 8.78 Å². The number of rotatable bonds is 12. The van der Waals surface area contributed by atoms with E-state index in [9.17, 15) is 30.7 Å². The lowest BCUT2D eigenvalue weighted by Gasteiger charge is -2.37. The quantitative estimate of drug-likeness (QED) is 0.137. The highest BCUT2D eigenvalue weighted by Gasteiger charge is 2.36. The highest BCUT2D eigenvalue weighted by atomic mass is 19.3. The van der Waals surface area contributed by atoms with Crippen molar-refractivity contribution in [2.24, 2.45) is 11.8 Å². The number of hydrogen-bond donors (Lipinski definition) is 0. The first-order valence-corrected chi connectivity index (χ1v) is 14.4. The smallest absolute Gasteiger partial charge is 0.426 e. The molecule has 0 spiro atoms. The molecule has 2 fully saturated rings. The summed E-state index contributed by atoms with van der Waals surface area (Å²) in [4.78, 5) is 0. The summed E-state index contributed by atoms with van der Waals surface area (Å²) in [5, 5.41) is 0. The lowest BCUT2D eigenvalue weighted by Crippen LogP contribution is -2.38. The van der Waals surface area contributed by atoms with Crippen LogP contribution in [-0.2, 0) is 15.6 Å². The highest BCUT2D eigenvalue weighted by molar-refractivity contribution is 5.36. The number of hydrogen-bond acceptors (Lipinski definition) is 4. The second-order valence-corrected chi connectivity index (χ2v) is 11.0. The van der Waals surface area contributed by atoms with E-state index in [4.69, 9.17) is 9.47 Å². The van der Waals surface area contributed by atoms with Crippen LogP contribution < -0.4 is 9.47 Å². The van der Waals surface area contributed by atoms with Gasteiger partial charge in [0.25, 0.3) is 0 Å². The molecule has 2 aliphatic rings. The summed E-state index contributed by atoms with van der Waals surface area (Å²) in [6.07, 6.45) is 2.41. The maximum Gasteiger partial charge on any atom is 0.426 e. The molecule has 2 aromatic rings. The van der Waals surface area contributed by atoms with E-state index in [1.54, 1.807) is 12.1 Å². The minimum Gasteiger partial charge on any atom is -0.429 e. The van der Waals surface area contributed by atoms with Crippen molar-refractivity contribution in [2.75, 3.05) is 13.2 Å². The van der Waals surface area contributed by atoms with Gasteiger partial charge in [0, 0.05) is 24.0 Å². The zero-order chi connectivity index (χ0) is 30.3. The van der Waals surface area contributed by atoms with Crippen LogP contribution in [0.3, 0.4) is 0 Å². The van der Waals surface area contributed by atoms with E-state index in [1.807, 2.05) is 0 Å². The average molecular weight is 605 g/mol. The van der Waals surface area contributed by atoms with Crippen LogP contribution in [0.15, 0.2) is 48.5 Å². The average Bonchev–Trinajstić information content (AvgIpc) is 2.97. The summed E-state index contributed by atoms with van der Waals surface area (Å²) in [5.74, 6) is -4.94. The Morgan fingerprint density at radius 3 is 2.07 bits per heavy atom. The molecular weight excluding hydrogens is 569 g/mol. The normalized spacial score (nSPS) is 23.0. The molecule has 232 valence electrons. The molecule has 0 aromatic heterocycles. The Morgan fingerprint density at radius 1 is 0.881 bits per heavy atom. The first kappa shape index (κ1) is 32.1. The summed E-state index contributed by atoms with van der Waals surface area (Å²) in [5.41, 5.74) is 0.335. The molecule has 1 aliphatic heterocycles. The minimum absolute atomic E-state index is 0.180. The first-order valence-electron chi connectivity index (χ1n) is 14.4. The maximum absolute atomic E-state index is 14.8. The lowest BCUT2D eigenvalue weighted by atomic mass is 9.78. The van der Waals surface area contributed by atoms with E-state index in [1.165, 1.54) is 37.8 Å². The molecular formula is C31H35F7O4. The minimum atomic E-state index is -3.98. The van der Waals surface area contributed by atoms with E-state index in [-0.39, 0.29) is 24.3 Å². The van der Waals surface area contributed by atoms with Gasteiger partial charge in [0.1, 0.15) is 5.75 Å². The number of benzene rings is 2. The molecule has 0 amide bonds. The van der Waals surface area contributed by atoms with Crippen LogP contribution in [0.4, 0.5) is 30.7 Å². The Morgan fingerprint density at radius 2 is 1.50 bits per heavy atom. The van der Waals surface area contributed by atoms with Crippen molar-refractivity contribution in [3.05, 3.63) is 71.3 Å². The molecule has 4 nitrogen and oxygen atoms in total. The summed E-state index contributed by atoms with van der Waals surface area (Å²) in [7, 11) is 0. The highest BCUT2D eigenvalue weighted by Crippen LogP contribution is 2.41. The third-order valence-electron chi connectivity index (χ3n) is 7.89. The van der Waals surface area contributed by atoms with Gasteiger partial charge in [-0.05, 0) is 55.7 Å². The van der Waals surface area contributed by atoms with E-state index < -0.39 is 46.9 Å². The van der Waals surface area contributed by atoms with Crippen LogP contribution in [0.5, 0.6) is 11.5 Å². The standard InChI is InChI=1S/C31H35F7O4/c1-2-3-4-5-6-19-17-39-30(40-18-19)22-9-7-20(8-10-22)21-11-13-23(14-12-21)31(37,38)42-24-15-25(32)27(26(33)16-24)41-29(36)28(34)35/h11-16,19-20,22,30H,2-10,17-18H2,1H3. The summed E-state index contributed by atoms with van der Waals surface area (Å²) >= 11 is 0. The first-order chi connectivity index (χ1) is 20.1. The SMILES string of the molecule is CCCCCCC1COC(C2CCC(c3ccc(C(F)(F)Oc4cc(F)c(OC(F)=C(F)F)c(F)c4)cc3)CC2)OC1. The molecule has 0 radical (unpaired) electrons. The predicted molar refractivity (Wildman–Crippen MR) is 141 cm³/mol. The Bertz CT molecular complexity index is 1160. The molecule has 0 bridgehead atoms. The predicted octanol–water partition coefficient (Wildman–Crippen LogP) is 9.74. The maximum atomic E-state index is 14.8. The Labute approximate surface area is 240 Å². The zero-order valence-electron chi connectivity index (χ0n) is 23.3. The second kappa shape index (κ2) is 14.6. The fourth-order valence-corrected chi connectivity index (χ4v) is 5.56. The number of unbranched alkanes of at least 4 members (excludes halogenated alkanes) is 3. The molecule has 1 aliphatic carbocycles. The van der Waals surface area contributed by atoms with E-state index in [0.29, 0.717) is 11.8 Å². The Hall–Kier alpha value is -2.79. The van der Waals surface area contributed by atoms with E-state index in [0.717, 1.165) is 50.9 Å². The third kappa shape index (κ3) is 8.40. The topological polar surface area (TPSA) is 36.9 Å². The molecule has 42 heavy (non-hydrogen) atoms. The zero-order valence-corrected chi connectivity index (χ0v) is 23.3. The molecule has 0 atom stereocenters. The Kier molecular flexibility index (Phi) is 11.2. The van der Waals surface area contributed by atoms with Crippen molar-refractivity contribution >= 4 is 0 Å². The third-order valence-corrected chi connectivity index (χ3v) is 7.89. The van der Waals surface area contributed by atoms with Crippen LogP contribution >= 0.6 is 0 Å². The number of halogens is 7. The molecule has 4 rings (SSSR count). The Balaban J connectivity index is 1.28. The van der Waals surface area contributed by atoms with Gasteiger partial charge < -0.3 is 18.9 Å². The van der Waals surface area contributed by atoms with Crippen molar-refractivity contribution in [3.8, 4) is 11.5 Å². The molecule has 0 unspecified atom stereocenters. The van der Waals surface area contributed by atoms with E-state index in [2.05, 4.69) is 16.4 Å². The van der Waals surface area contributed by atoms with Gasteiger partial charge in [0.15, 0.2) is 17.9 Å². The number of ether oxygens (including phenoxy) is 4. The fraction of sp³-hybridized carbons (Fsp3) is 0.548. The van der Waals surface area contributed by atoms with Crippen LogP contribution in [-0.4, -0.2) is 19.5 Å². The van der Waals surface area contributed by atoms with Crippen LogP contribution in [0, 0.1) is 23.5 Å². The van der Waals surface area contributed by atoms with Gasteiger partial charge in [-0.1, -0.05) is 44.7 Å². The van der Waals surface area contributed by atoms with Gasteiger partial charge >= 0.3 is 18.2 Å². The van der Waals surface area contributed by atoms with Crippen molar-refractivity contribution < 1.29 is 49.7 Å².